The fourth-order valence-electron chi connectivity index (χ4n) is 2.05. The molecule has 116 valence electrons. The lowest BCUT2D eigenvalue weighted by Crippen LogP contribution is -2.13. The Bertz CT molecular complexity index is 655. The minimum atomic E-state index is -0.0577. The number of nitrogens with one attached hydrogen (secondary N) is 1. The third-order valence-corrected chi connectivity index (χ3v) is 3.63. The standard InChI is InChI=1S/C18H20ClNO2/c1-13-9-10-14(2)17(12-13)22-11-5-8-18(21)20-16-7-4-3-6-15(16)19/h3-4,6-7,9-10,12H,5,8,11H2,1-2H3,(H,20,21). The summed E-state index contributed by atoms with van der Waals surface area (Å²) >= 11 is 6.00. The van der Waals surface area contributed by atoms with Crippen molar-refractivity contribution in [1.29, 1.82) is 0 Å². The van der Waals surface area contributed by atoms with Crippen LogP contribution in [0.3, 0.4) is 0 Å². The summed E-state index contributed by atoms with van der Waals surface area (Å²) in [5.41, 5.74) is 2.91. The first-order valence-corrected chi connectivity index (χ1v) is 7.68. The van der Waals surface area contributed by atoms with Gasteiger partial charge in [-0.1, -0.05) is 35.9 Å². The highest BCUT2D eigenvalue weighted by molar-refractivity contribution is 6.33. The van der Waals surface area contributed by atoms with Gasteiger partial charge in [-0.15, -0.1) is 0 Å². The Morgan fingerprint density at radius 3 is 2.73 bits per heavy atom. The van der Waals surface area contributed by atoms with E-state index >= 15 is 0 Å². The van der Waals surface area contributed by atoms with Crippen molar-refractivity contribution in [3.63, 3.8) is 0 Å². The van der Waals surface area contributed by atoms with Gasteiger partial charge in [0.15, 0.2) is 0 Å². The lowest BCUT2D eigenvalue weighted by atomic mass is 10.1. The van der Waals surface area contributed by atoms with Gasteiger partial charge in [-0.3, -0.25) is 4.79 Å². The van der Waals surface area contributed by atoms with Crippen molar-refractivity contribution in [3.05, 3.63) is 58.6 Å². The van der Waals surface area contributed by atoms with Crippen LogP contribution in [0.25, 0.3) is 0 Å². The second kappa shape index (κ2) is 7.85. The summed E-state index contributed by atoms with van der Waals surface area (Å²) in [5.74, 6) is 0.823. The SMILES string of the molecule is Cc1ccc(C)c(OCCCC(=O)Nc2ccccc2Cl)c1. The molecule has 2 aromatic rings. The van der Waals surface area contributed by atoms with E-state index in [1.807, 2.05) is 38.1 Å². The fourth-order valence-corrected chi connectivity index (χ4v) is 2.24. The second-order valence-electron chi connectivity index (χ2n) is 5.25. The van der Waals surface area contributed by atoms with E-state index in [0.717, 1.165) is 16.9 Å². The molecule has 0 unspecified atom stereocenters. The van der Waals surface area contributed by atoms with E-state index in [4.69, 9.17) is 16.3 Å². The quantitative estimate of drug-likeness (QED) is 0.780. The maximum Gasteiger partial charge on any atom is 0.224 e. The number of halogens is 1. The Morgan fingerprint density at radius 2 is 1.95 bits per heavy atom. The maximum atomic E-state index is 11.9. The molecule has 4 heteroatoms. The lowest BCUT2D eigenvalue weighted by Gasteiger charge is -2.10. The third-order valence-electron chi connectivity index (χ3n) is 3.30. The molecular formula is C18H20ClNO2. The van der Waals surface area contributed by atoms with Gasteiger partial charge >= 0.3 is 0 Å². The van der Waals surface area contributed by atoms with Crippen LogP contribution in [-0.4, -0.2) is 12.5 Å². The van der Waals surface area contributed by atoms with Crippen LogP contribution in [0.2, 0.25) is 5.02 Å². The number of aryl methyl sites for hydroxylation is 2. The molecule has 0 fully saturated rings. The Hall–Kier alpha value is -2.00. The Kier molecular flexibility index (Phi) is 5.84. The van der Waals surface area contributed by atoms with E-state index in [0.29, 0.717) is 30.2 Å². The highest BCUT2D eigenvalue weighted by Crippen LogP contribution is 2.21. The van der Waals surface area contributed by atoms with Gasteiger partial charge in [-0.05, 0) is 49.6 Å². The average Bonchev–Trinajstić information content (AvgIpc) is 2.49. The summed E-state index contributed by atoms with van der Waals surface area (Å²) in [6, 6.07) is 13.3. The highest BCUT2D eigenvalue weighted by atomic mass is 35.5. The van der Waals surface area contributed by atoms with Crippen LogP contribution in [-0.2, 0) is 4.79 Å². The molecule has 0 atom stereocenters. The molecule has 0 heterocycles. The lowest BCUT2D eigenvalue weighted by molar-refractivity contribution is -0.116. The van der Waals surface area contributed by atoms with Crippen molar-refractivity contribution in [3.8, 4) is 5.75 Å². The number of benzene rings is 2. The molecule has 22 heavy (non-hydrogen) atoms. The normalized spacial score (nSPS) is 10.3. The summed E-state index contributed by atoms with van der Waals surface area (Å²) in [4.78, 5) is 11.9. The molecule has 2 rings (SSSR count). The number of rotatable bonds is 6. The second-order valence-corrected chi connectivity index (χ2v) is 5.66. The molecule has 0 saturated heterocycles. The molecule has 1 N–H and O–H groups in total. The van der Waals surface area contributed by atoms with E-state index in [9.17, 15) is 4.79 Å². The van der Waals surface area contributed by atoms with E-state index in [-0.39, 0.29) is 5.91 Å². The van der Waals surface area contributed by atoms with Gasteiger partial charge in [0.2, 0.25) is 5.91 Å². The molecule has 0 spiro atoms. The van der Waals surface area contributed by atoms with Gasteiger partial charge in [0, 0.05) is 6.42 Å². The number of anilines is 1. The molecule has 3 nitrogen and oxygen atoms in total. The zero-order chi connectivity index (χ0) is 15.9. The minimum Gasteiger partial charge on any atom is -0.493 e. The van der Waals surface area contributed by atoms with Crippen molar-refractivity contribution in [2.24, 2.45) is 0 Å². The van der Waals surface area contributed by atoms with Crippen LogP contribution in [0.4, 0.5) is 5.69 Å². The Balaban J connectivity index is 1.76. The monoisotopic (exact) mass is 317 g/mol. The minimum absolute atomic E-state index is 0.0577. The first-order valence-electron chi connectivity index (χ1n) is 7.30. The molecule has 0 aromatic heterocycles. The van der Waals surface area contributed by atoms with E-state index in [1.54, 1.807) is 12.1 Å². The summed E-state index contributed by atoms with van der Waals surface area (Å²) in [5, 5.41) is 3.35. The number of ether oxygens (including phenoxy) is 1. The van der Waals surface area contributed by atoms with Crippen LogP contribution in [0, 0.1) is 13.8 Å². The number of carbonyl (C=O) groups is 1. The van der Waals surface area contributed by atoms with Crippen LogP contribution >= 0.6 is 11.6 Å². The Morgan fingerprint density at radius 1 is 1.18 bits per heavy atom. The molecule has 0 radical (unpaired) electrons. The topological polar surface area (TPSA) is 38.3 Å². The third kappa shape index (κ3) is 4.78. The summed E-state index contributed by atoms with van der Waals surface area (Å²) < 4.78 is 5.74. The number of hydrogen-bond donors (Lipinski definition) is 1. The van der Waals surface area contributed by atoms with Gasteiger partial charge in [-0.25, -0.2) is 0 Å². The summed E-state index contributed by atoms with van der Waals surface area (Å²) in [7, 11) is 0. The van der Waals surface area contributed by atoms with Gasteiger partial charge in [0.05, 0.1) is 17.3 Å². The molecule has 0 aliphatic heterocycles. The van der Waals surface area contributed by atoms with Gasteiger partial charge in [0.1, 0.15) is 5.75 Å². The van der Waals surface area contributed by atoms with Crippen LogP contribution in [0.15, 0.2) is 42.5 Å². The number of para-hydroxylation sites is 1. The first-order chi connectivity index (χ1) is 10.6. The van der Waals surface area contributed by atoms with Crippen molar-refractivity contribution in [2.45, 2.75) is 26.7 Å². The van der Waals surface area contributed by atoms with Crippen molar-refractivity contribution in [2.75, 3.05) is 11.9 Å². The molecule has 1 amide bonds. The van der Waals surface area contributed by atoms with Gasteiger partial charge in [0.25, 0.3) is 0 Å². The average molecular weight is 318 g/mol. The highest BCUT2D eigenvalue weighted by Gasteiger charge is 2.06. The van der Waals surface area contributed by atoms with E-state index < -0.39 is 0 Å². The molecular weight excluding hydrogens is 298 g/mol. The summed E-state index contributed by atoms with van der Waals surface area (Å²) in [6.45, 7) is 4.56. The number of carbonyl (C=O) groups excluding carboxylic acids is 1. The fraction of sp³-hybridized carbons (Fsp3) is 0.278. The predicted octanol–water partition coefficient (Wildman–Crippen LogP) is 4.75. The predicted molar refractivity (Wildman–Crippen MR) is 90.7 cm³/mol. The molecule has 0 aliphatic rings. The molecule has 0 aliphatic carbocycles. The van der Waals surface area contributed by atoms with E-state index in [2.05, 4.69) is 11.4 Å². The zero-order valence-corrected chi connectivity index (χ0v) is 13.6. The van der Waals surface area contributed by atoms with E-state index in [1.165, 1.54) is 0 Å². The molecule has 0 saturated carbocycles. The van der Waals surface area contributed by atoms with Crippen molar-refractivity contribution < 1.29 is 9.53 Å². The molecule has 2 aromatic carbocycles. The summed E-state index contributed by atoms with van der Waals surface area (Å²) in [6.07, 6.45) is 1.06. The largest absolute Gasteiger partial charge is 0.493 e. The van der Waals surface area contributed by atoms with Crippen molar-refractivity contribution >= 4 is 23.2 Å². The van der Waals surface area contributed by atoms with Crippen LogP contribution < -0.4 is 10.1 Å². The smallest absolute Gasteiger partial charge is 0.224 e. The van der Waals surface area contributed by atoms with Gasteiger partial charge < -0.3 is 10.1 Å². The van der Waals surface area contributed by atoms with Crippen molar-refractivity contribution in [1.82, 2.24) is 0 Å². The first kappa shape index (κ1) is 16.4. The van der Waals surface area contributed by atoms with Gasteiger partial charge in [-0.2, -0.15) is 0 Å². The number of amides is 1. The Labute approximate surface area is 136 Å². The van der Waals surface area contributed by atoms with Crippen LogP contribution in [0.1, 0.15) is 24.0 Å². The zero-order valence-electron chi connectivity index (χ0n) is 12.9. The molecule has 0 bridgehead atoms. The van der Waals surface area contributed by atoms with Crippen LogP contribution in [0.5, 0.6) is 5.75 Å². The maximum absolute atomic E-state index is 11.9. The number of hydrogen-bond acceptors (Lipinski definition) is 2.